The second-order valence-electron chi connectivity index (χ2n) is 5.26. The second-order valence-corrected chi connectivity index (χ2v) is 5.26. The number of para-hydroxylation sites is 1. The molecule has 3 rings (SSSR count). The van der Waals surface area contributed by atoms with Gasteiger partial charge in [0.2, 0.25) is 5.88 Å². The molecule has 0 unspecified atom stereocenters. The van der Waals surface area contributed by atoms with E-state index in [1.54, 1.807) is 6.33 Å². The van der Waals surface area contributed by atoms with Crippen LogP contribution in [0.25, 0.3) is 10.9 Å². The van der Waals surface area contributed by atoms with Gasteiger partial charge in [0.05, 0.1) is 23.8 Å². The SMILES string of the molecule is c1ccc2c(OCCCCCCn3ccnc3)ncnc2c1. The average molecular weight is 296 g/mol. The molecule has 0 spiro atoms. The van der Waals surface area contributed by atoms with Gasteiger partial charge in [-0.15, -0.1) is 0 Å². The molecule has 1 aromatic carbocycles. The molecule has 0 atom stereocenters. The Labute approximate surface area is 130 Å². The number of benzene rings is 1. The fraction of sp³-hybridized carbons (Fsp3) is 0.353. The Kier molecular flexibility index (Phi) is 4.97. The predicted octanol–water partition coefficient (Wildman–Crippen LogP) is 3.47. The molecule has 114 valence electrons. The molecule has 2 aromatic heterocycles. The third-order valence-electron chi connectivity index (χ3n) is 3.61. The Hall–Kier alpha value is -2.43. The van der Waals surface area contributed by atoms with Gasteiger partial charge in [0.25, 0.3) is 0 Å². The third-order valence-corrected chi connectivity index (χ3v) is 3.61. The summed E-state index contributed by atoms with van der Waals surface area (Å²) in [4.78, 5) is 12.5. The van der Waals surface area contributed by atoms with Gasteiger partial charge in [-0.25, -0.2) is 15.0 Å². The van der Waals surface area contributed by atoms with Crippen LogP contribution in [0.3, 0.4) is 0 Å². The van der Waals surface area contributed by atoms with Crippen molar-refractivity contribution < 1.29 is 4.74 Å². The maximum atomic E-state index is 5.81. The van der Waals surface area contributed by atoms with Crippen LogP contribution in [0, 0.1) is 0 Å². The van der Waals surface area contributed by atoms with Crippen LogP contribution >= 0.6 is 0 Å². The van der Waals surface area contributed by atoms with Gasteiger partial charge in [-0.3, -0.25) is 0 Å². The van der Waals surface area contributed by atoms with Gasteiger partial charge >= 0.3 is 0 Å². The molecule has 0 amide bonds. The monoisotopic (exact) mass is 296 g/mol. The van der Waals surface area contributed by atoms with E-state index in [2.05, 4.69) is 19.5 Å². The van der Waals surface area contributed by atoms with Gasteiger partial charge in [0.15, 0.2) is 0 Å². The lowest BCUT2D eigenvalue weighted by Crippen LogP contribution is -2.01. The first-order valence-corrected chi connectivity index (χ1v) is 7.72. The Morgan fingerprint density at radius 1 is 1.00 bits per heavy atom. The Bertz CT molecular complexity index is 691. The van der Waals surface area contributed by atoms with Crippen LogP contribution in [0.1, 0.15) is 25.7 Å². The van der Waals surface area contributed by atoms with Crippen molar-refractivity contribution in [3.8, 4) is 5.88 Å². The summed E-state index contributed by atoms with van der Waals surface area (Å²) in [6, 6.07) is 7.92. The van der Waals surface area contributed by atoms with Crippen molar-refractivity contribution in [3.05, 3.63) is 49.3 Å². The van der Waals surface area contributed by atoms with Gasteiger partial charge in [0, 0.05) is 18.9 Å². The van der Waals surface area contributed by atoms with E-state index in [9.17, 15) is 0 Å². The molecule has 2 heterocycles. The Balaban J connectivity index is 1.37. The number of ether oxygens (including phenoxy) is 1. The largest absolute Gasteiger partial charge is 0.477 e. The predicted molar refractivity (Wildman–Crippen MR) is 85.7 cm³/mol. The standard InChI is InChI=1S/C17H20N4O/c1(5-10-21-11-9-18-14-21)2-6-12-22-17-15-7-3-4-8-16(15)19-13-20-17/h3-4,7-9,11,13-14H,1-2,5-6,10,12H2. The third kappa shape index (κ3) is 3.81. The van der Waals surface area contributed by atoms with E-state index in [-0.39, 0.29) is 0 Å². The summed E-state index contributed by atoms with van der Waals surface area (Å²) < 4.78 is 7.92. The maximum absolute atomic E-state index is 5.81. The number of hydrogen-bond donors (Lipinski definition) is 0. The van der Waals surface area contributed by atoms with Gasteiger partial charge in [-0.05, 0) is 31.4 Å². The molecule has 0 fully saturated rings. The van der Waals surface area contributed by atoms with Crippen molar-refractivity contribution in [1.29, 1.82) is 0 Å². The van der Waals surface area contributed by atoms with Crippen molar-refractivity contribution in [3.63, 3.8) is 0 Å². The smallest absolute Gasteiger partial charge is 0.224 e. The number of unbranched alkanes of at least 4 members (excludes halogenated alkanes) is 3. The fourth-order valence-electron chi connectivity index (χ4n) is 2.43. The van der Waals surface area contributed by atoms with Crippen molar-refractivity contribution in [2.45, 2.75) is 32.2 Å². The molecule has 22 heavy (non-hydrogen) atoms. The summed E-state index contributed by atoms with van der Waals surface area (Å²) in [6.07, 6.45) is 11.8. The molecule has 3 aromatic rings. The van der Waals surface area contributed by atoms with E-state index in [4.69, 9.17) is 4.74 Å². The molecule has 0 aliphatic carbocycles. The first-order valence-electron chi connectivity index (χ1n) is 7.72. The van der Waals surface area contributed by atoms with E-state index in [1.807, 2.05) is 43.0 Å². The van der Waals surface area contributed by atoms with Gasteiger partial charge < -0.3 is 9.30 Å². The lowest BCUT2D eigenvalue weighted by Gasteiger charge is -2.07. The van der Waals surface area contributed by atoms with E-state index in [0.717, 1.165) is 30.3 Å². The fourth-order valence-corrected chi connectivity index (χ4v) is 2.43. The average Bonchev–Trinajstić information content (AvgIpc) is 3.07. The topological polar surface area (TPSA) is 52.8 Å². The summed E-state index contributed by atoms with van der Waals surface area (Å²) in [5.41, 5.74) is 0.924. The minimum Gasteiger partial charge on any atom is -0.477 e. The molecule has 0 aliphatic rings. The van der Waals surface area contributed by atoms with Gasteiger partial charge in [-0.1, -0.05) is 18.6 Å². The molecular formula is C17H20N4O. The highest BCUT2D eigenvalue weighted by Gasteiger charge is 2.03. The van der Waals surface area contributed by atoms with E-state index in [0.29, 0.717) is 12.5 Å². The summed E-state index contributed by atoms with van der Waals surface area (Å²) in [6.45, 7) is 1.74. The zero-order valence-corrected chi connectivity index (χ0v) is 12.6. The minimum atomic E-state index is 0.684. The van der Waals surface area contributed by atoms with Gasteiger partial charge in [-0.2, -0.15) is 0 Å². The normalized spacial score (nSPS) is 10.9. The summed E-state index contributed by atoms with van der Waals surface area (Å²) in [5, 5.41) is 0.977. The number of fused-ring (bicyclic) bond motifs is 1. The van der Waals surface area contributed by atoms with Crippen LogP contribution in [0.5, 0.6) is 5.88 Å². The first kappa shape index (κ1) is 14.5. The molecule has 0 saturated heterocycles. The number of aryl methyl sites for hydroxylation is 1. The van der Waals surface area contributed by atoms with Gasteiger partial charge in [0.1, 0.15) is 6.33 Å². The van der Waals surface area contributed by atoms with E-state index >= 15 is 0 Å². The highest BCUT2D eigenvalue weighted by atomic mass is 16.5. The first-order chi connectivity index (χ1) is 10.9. The van der Waals surface area contributed by atoms with Crippen LogP contribution < -0.4 is 4.74 Å². The summed E-state index contributed by atoms with van der Waals surface area (Å²) >= 11 is 0. The second kappa shape index (κ2) is 7.54. The van der Waals surface area contributed by atoms with E-state index in [1.165, 1.54) is 12.8 Å². The molecule has 0 bridgehead atoms. The van der Waals surface area contributed by atoms with Crippen molar-refractivity contribution in [2.75, 3.05) is 6.61 Å². The van der Waals surface area contributed by atoms with Crippen LogP contribution in [-0.2, 0) is 6.54 Å². The Morgan fingerprint density at radius 2 is 1.91 bits per heavy atom. The summed E-state index contributed by atoms with van der Waals surface area (Å²) in [7, 11) is 0. The number of imidazole rings is 1. The lowest BCUT2D eigenvalue weighted by atomic mass is 10.2. The lowest BCUT2D eigenvalue weighted by molar-refractivity contribution is 0.296. The van der Waals surface area contributed by atoms with Crippen molar-refractivity contribution in [1.82, 2.24) is 19.5 Å². The highest BCUT2D eigenvalue weighted by Crippen LogP contribution is 2.20. The molecule has 0 saturated carbocycles. The number of hydrogen-bond acceptors (Lipinski definition) is 4. The van der Waals surface area contributed by atoms with Crippen molar-refractivity contribution in [2.24, 2.45) is 0 Å². The van der Waals surface area contributed by atoms with Crippen LogP contribution in [0.4, 0.5) is 0 Å². The number of aromatic nitrogens is 4. The number of nitrogens with zero attached hydrogens (tertiary/aromatic N) is 4. The number of rotatable bonds is 8. The molecule has 0 N–H and O–H groups in total. The Morgan fingerprint density at radius 3 is 2.82 bits per heavy atom. The maximum Gasteiger partial charge on any atom is 0.224 e. The van der Waals surface area contributed by atoms with E-state index < -0.39 is 0 Å². The molecular weight excluding hydrogens is 276 g/mol. The molecule has 5 nitrogen and oxygen atoms in total. The minimum absolute atomic E-state index is 0.684. The van der Waals surface area contributed by atoms with Crippen molar-refractivity contribution >= 4 is 10.9 Å². The summed E-state index contributed by atoms with van der Waals surface area (Å²) in [5.74, 6) is 0.684. The molecule has 0 radical (unpaired) electrons. The highest BCUT2D eigenvalue weighted by molar-refractivity contribution is 5.82. The van der Waals surface area contributed by atoms with Crippen LogP contribution in [-0.4, -0.2) is 26.1 Å². The zero-order chi connectivity index (χ0) is 15.0. The van der Waals surface area contributed by atoms with Crippen LogP contribution in [0.2, 0.25) is 0 Å². The molecule has 0 aliphatic heterocycles. The zero-order valence-electron chi connectivity index (χ0n) is 12.6. The molecule has 5 heteroatoms. The van der Waals surface area contributed by atoms with Crippen LogP contribution in [0.15, 0.2) is 49.3 Å². The quantitative estimate of drug-likeness (QED) is 0.597.